The van der Waals surface area contributed by atoms with Gasteiger partial charge in [-0.15, -0.1) is 11.3 Å². The maximum absolute atomic E-state index is 11.5. The number of esters is 1. The summed E-state index contributed by atoms with van der Waals surface area (Å²) in [4.78, 5) is 32.1. The molecule has 0 unspecified atom stereocenters. The number of methoxy groups -OCH3 is 1. The molecule has 0 atom stereocenters. The minimum absolute atomic E-state index is 0.0384. The lowest BCUT2D eigenvalue weighted by molar-refractivity contribution is -0.384. The molecule has 0 saturated heterocycles. The summed E-state index contributed by atoms with van der Waals surface area (Å²) < 4.78 is 4.55. The monoisotopic (exact) mass is 322 g/mol. The molecule has 0 fully saturated rings. The topological polar surface area (TPSA) is 98.5 Å². The molecule has 22 heavy (non-hydrogen) atoms. The Kier molecular flexibility index (Phi) is 4.66. The number of pyridine rings is 1. The van der Waals surface area contributed by atoms with E-state index in [1.807, 2.05) is 12.3 Å². The minimum Gasteiger partial charge on any atom is -0.465 e. The van der Waals surface area contributed by atoms with E-state index in [1.165, 1.54) is 24.6 Å². The zero-order valence-corrected chi connectivity index (χ0v) is 13.1. The van der Waals surface area contributed by atoms with Crippen LogP contribution in [0.2, 0.25) is 0 Å². The Balaban J connectivity index is 2.32. The van der Waals surface area contributed by atoms with Crippen molar-refractivity contribution in [3.05, 3.63) is 44.0 Å². The molecule has 2 aromatic heterocycles. The van der Waals surface area contributed by atoms with E-state index in [-0.39, 0.29) is 17.1 Å². The second-order valence-corrected chi connectivity index (χ2v) is 5.50. The molecule has 0 aromatic carbocycles. The van der Waals surface area contributed by atoms with E-state index >= 15 is 0 Å². The minimum atomic E-state index is -0.666. The van der Waals surface area contributed by atoms with Crippen molar-refractivity contribution >= 4 is 28.8 Å². The van der Waals surface area contributed by atoms with Crippen LogP contribution in [0.1, 0.15) is 21.1 Å². The second-order valence-electron chi connectivity index (χ2n) is 4.55. The van der Waals surface area contributed by atoms with Crippen molar-refractivity contribution in [1.82, 2.24) is 9.97 Å². The van der Waals surface area contributed by atoms with Gasteiger partial charge in [0.2, 0.25) is 5.82 Å². The molecule has 0 spiro atoms. The van der Waals surface area contributed by atoms with Gasteiger partial charge in [-0.05, 0) is 6.92 Å². The van der Waals surface area contributed by atoms with E-state index < -0.39 is 10.9 Å². The summed E-state index contributed by atoms with van der Waals surface area (Å²) in [5.41, 5.74) is 0.687. The Labute approximate surface area is 130 Å². The average molecular weight is 322 g/mol. The molecule has 0 saturated carbocycles. The fraction of sp³-hybridized carbons (Fsp3) is 0.308. The number of hydrogen-bond acceptors (Lipinski definition) is 8. The number of nitrogens with zero attached hydrogens (tertiary/aromatic N) is 4. The summed E-state index contributed by atoms with van der Waals surface area (Å²) in [6, 6.07) is 1.16. The van der Waals surface area contributed by atoms with Crippen molar-refractivity contribution in [2.24, 2.45) is 0 Å². The third-order valence-corrected chi connectivity index (χ3v) is 3.82. The van der Waals surface area contributed by atoms with Gasteiger partial charge < -0.3 is 9.64 Å². The first-order chi connectivity index (χ1) is 10.4. The smallest absolute Gasteiger partial charge is 0.339 e. The van der Waals surface area contributed by atoms with Crippen LogP contribution >= 0.6 is 11.3 Å². The highest BCUT2D eigenvalue weighted by Gasteiger charge is 2.22. The zero-order chi connectivity index (χ0) is 16.3. The highest BCUT2D eigenvalue weighted by Crippen LogP contribution is 2.27. The number of hydrogen-bond donors (Lipinski definition) is 0. The molecule has 2 aromatic rings. The van der Waals surface area contributed by atoms with Gasteiger partial charge in [-0.1, -0.05) is 0 Å². The number of carbonyl (C=O) groups is 1. The van der Waals surface area contributed by atoms with Crippen LogP contribution in [0.15, 0.2) is 17.6 Å². The average Bonchev–Trinajstić information content (AvgIpc) is 2.90. The summed E-state index contributed by atoms with van der Waals surface area (Å²) in [7, 11) is 2.89. The van der Waals surface area contributed by atoms with Gasteiger partial charge in [0.15, 0.2) is 0 Å². The maximum Gasteiger partial charge on any atom is 0.339 e. The van der Waals surface area contributed by atoms with Crippen molar-refractivity contribution < 1.29 is 14.5 Å². The van der Waals surface area contributed by atoms with E-state index in [0.29, 0.717) is 6.54 Å². The third-order valence-electron chi connectivity index (χ3n) is 2.87. The molecule has 0 bridgehead atoms. The summed E-state index contributed by atoms with van der Waals surface area (Å²) in [5, 5.41) is 14.0. The molecule has 0 amide bonds. The van der Waals surface area contributed by atoms with Crippen LogP contribution < -0.4 is 4.90 Å². The molecule has 0 radical (unpaired) electrons. The quantitative estimate of drug-likeness (QED) is 0.472. The molecule has 0 aliphatic rings. The molecule has 0 aliphatic heterocycles. The van der Waals surface area contributed by atoms with Crippen molar-refractivity contribution in [3.8, 4) is 0 Å². The van der Waals surface area contributed by atoms with Crippen molar-refractivity contribution in [2.45, 2.75) is 13.5 Å². The Morgan fingerprint density at radius 1 is 1.55 bits per heavy atom. The molecular formula is C13H14N4O4S. The lowest BCUT2D eigenvalue weighted by Gasteiger charge is -2.16. The van der Waals surface area contributed by atoms with Crippen molar-refractivity contribution in [1.29, 1.82) is 0 Å². The normalized spacial score (nSPS) is 10.3. The zero-order valence-electron chi connectivity index (χ0n) is 12.3. The van der Waals surface area contributed by atoms with Crippen molar-refractivity contribution in [2.75, 3.05) is 19.1 Å². The predicted octanol–water partition coefficient (Wildman–Crippen LogP) is 2.18. The second kappa shape index (κ2) is 6.48. The molecule has 116 valence electrons. The van der Waals surface area contributed by atoms with Crippen LogP contribution in [0.3, 0.4) is 0 Å². The predicted molar refractivity (Wildman–Crippen MR) is 81.2 cm³/mol. The highest BCUT2D eigenvalue weighted by atomic mass is 32.1. The number of anilines is 1. The van der Waals surface area contributed by atoms with E-state index in [1.54, 1.807) is 11.9 Å². The van der Waals surface area contributed by atoms with Crippen molar-refractivity contribution in [3.63, 3.8) is 0 Å². The van der Waals surface area contributed by atoms with Gasteiger partial charge in [0.25, 0.3) is 0 Å². The first-order valence-corrected chi connectivity index (χ1v) is 7.15. The number of aromatic nitrogens is 2. The molecule has 2 rings (SSSR count). The number of rotatable bonds is 5. The van der Waals surface area contributed by atoms with Crippen LogP contribution in [0.5, 0.6) is 0 Å². The maximum atomic E-state index is 11.5. The Morgan fingerprint density at radius 3 is 2.82 bits per heavy atom. The van der Waals surface area contributed by atoms with Gasteiger partial charge in [-0.3, -0.25) is 10.1 Å². The first-order valence-electron chi connectivity index (χ1n) is 6.27. The molecular weight excluding hydrogens is 308 g/mol. The first kappa shape index (κ1) is 15.8. The van der Waals surface area contributed by atoms with Crippen LogP contribution in [-0.4, -0.2) is 35.0 Å². The SMILES string of the molecule is COC(=O)c1cnc(N(C)Cc2nc(C)cs2)c([N+](=O)[O-])c1. The van der Waals surface area contributed by atoms with Gasteiger partial charge in [-0.2, -0.15) is 0 Å². The van der Waals surface area contributed by atoms with Gasteiger partial charge in [0.1, 0.15) is 5.01 Å². The molecule has 0 aliphatic carbocycles. The van der Waals surface area contributed by atoms with E-state index in [0.717, 1.165) is 16.8 Å². The summed E-state index contributed by atoms with van der Waals surface area (Å²) in [6.45, 7) is 2.27. The molecule has 8 nitrogen and oxygen atoms in total. The van der Waals surface area contributed by atoms with Crippen LogP contribution in [0.4, 0.5) is 11.5 Å². The Hall–Kier alpha value is -2.55. The standard InChI is InChI=1S/C13H14N4O4S/c1-8-7-22-11(15-8)6-16(2)12-10(17(19)20)4-9(5-14-12)13(18)21-3/h4-5,7H,6H2,1-3H3. The number of nitro groups is 1. The van der Waals surface area contributed by atoms with Crippen LogP contribution in [0, 0.1) is 17.0 Å². The number of ether oxygens (including phenoxy) is 1. The van der Waals surface area contributed by atoms with E-state index in [2.05, 4.69) is 14.7 Å². The van der Waals surface area contributed by atoms with Gasteiger partial charge in [0.05, 0.1) is 24.1 Å². The van der Waals surface area contributed by atoms with Crippen LogP contribution in [-0.2, 0) is 11.3 Å². The summed E-state index contributed by atoms with van der Waals surface area (Å²) in [6.07, 6.45) is 1.26. The third kappa shape index (κ3) is 3.37. The molecule has 2 heterocycles. The van der Waals surface area contributed by atoms with Gasteiger partial charge >= 0.3 is 11.7 Å². The summed E-state index contributed by atoms with van der Waals surface area (Å²) >= 11 is 1.47. The number of aryl methyl sites for hydroxylation is 1. The van der Waals surface area contributed by atoms with E-state index in [4.69, 9.17) is 0 Å². The van der Waals surface area contributed by atoms with Gasteiger partial charge in [0, 0.05) is 30.4 Å². The van der Waals surface area contributed by atoms with Gasteiger partial charge in [-0.25, -0.2) is 14.8 Å². The Bertz CT molecular complexity index is 716. The fourth-order valence-corrected chi connectivity index (χ4v) is 2.68. The van der Waals surface area contributed by atoms with E-state index in [9.17, 15) is 14.9 Å². The number of thiazole rings is 1. The fourth-order valence-electron chi connectivity index (χ4n) is 1.86. The molecule has 9 heteroatoms. The van der Waals surface area contributed by atoms with Crippen LogP contribution in [0.25, 0.3) is 0 Å². The lowest BCUT2D eigenvalue weighted by Crippen LogP contribution is -2.19. The lowest BCUT2D eigenvalue weighted by atomic mass is 10.2. The Morgan fingerprint density at radius 2 is 2.27 bits per heavy atom. The molecule has 0 N–H and O–H groups in total. The largest absolute Gasteiger partial charge is 0.465 e. The summed E-state index contributed by atoms with van der Waals surface area (Å²) in [5.74, 6) is -0.495. The highest BCUT2D eigenvalue weighted by molar-refractivity contribution is 7.09. The number of carbonyl (C=O) groups excluding carboxylic acids is 1.